The summed E-state index contributed by atoms with van der Waals surface area (Å²) >= 11 is 0. The zero-order chi connectivity index (χ0) is 21.7. The van der Waals surface area contributed by atoms with Crippen LogP contribution in [-0.2, 0) is 24.3 Å². The Hall–Kier alpha value is -3.40. The van der Waals surface area contributed by atoms with Gasteiger partial charge in [0.15, 0.2) is 6.61 Å². The Morgan fingerprint density at radius 2 is 1.83 bits per heavy atom. The van der Waals surface area contributed by atoms with Crippen LogP contribution in [-0.4, -0.2) is 45.6 Å². The summed E-state index contributed by atoms with van der Waals surface area (Å²) in [6, 6.07) is 12.6. The highest BCUT2D eigenvalue weighted by Gasteiger charge is 2.21. The van der Waals surface area contributed by atoms with Gasteiger partial charge in [0, 0.05) is 30.0 Å². The van der Waals surface area contributed by atoms with Crippen LogP contribution in [0.25, 0.3) is 0 Å². The Bertz CT molecular complexity index is 1070. The quantitative estimate of drug-likeness (QED) is 0.647. The van der Waals surface area contributed by atoms with Gasteiger partial charge in [-0.05, 0) is 48.9 Å². The fourth-order valence-corrected chi connectivity index (χ4v) is 3.54. The molecule has 10 heteroatoms. The van der Waals surface area contributed by atoms with Crippen LogP contribution < -0.4 is 14.9 Å². The number of benzene rings is 2. The van der Waals surface area contributed by atoms with E-state index in [-0.39, 0.29) is 17.2 Å². The van der Waals surface area contributed by atoms with Gasteiger partial charge in [0.2, 0.25) is 15.9 Å². The first-order valence-corrected chi connectivity index (χ1v) is 11.1. The molecule has 3 rings (SSSR count). The molecule has 2 aromatic carbocycles. The molecule has 0 atom stereocenters. The number of rotatable bonds is 7. The van der Waals surface area contributed by atoms with Gasteiger partial charge in [-0.1, -0.05) is 6.07 Å². The number of carbonyl (C=O) groups is 3. The van der Waals surface area contributed by atoms with Crippen molar-refractivity contribution in [1.29, 1.82) is 0 Å². The Morgan fingerprint density at radius 1 is 1.10 bits per heavy atom. The number of anilines is 3. The lowest BCUT2D eigenvalue weighted by molar-refractivity contribution is -0.119. The summed E-state index contributed by atoms with van der Waals surface area (Å²) in [5, 5.41) is 2.61. The lowest BCUT2D eigenvalue weighted by atomic mass is 10.2. The molecule has 2 amide bonds. The highest BCUT2D eigenvalue weighted by atomic mass is 32.2. The molecule has 0 bridgehead atoms. The van der Waals surface area contributed by atoms with Crippen molar-refractivity contribution in [3.8, 4) is 0 Å². The van der Waals surface area contributed by atoms with Crippen molar-refractivity contribution in [2.75, 3.05) is 34.3 Å². The summed E-state index contributed by atoms with van der Waals surface area (Å²) in [5.74, 6) is -1.21. The maximum absolute atomic E-state index is 12.1. The number of nitrogens with one attached hydrogen (secondary N) is 2. The lowest BCUT2D eigenvalue weighted by Crippen LogP contribution is -2.23. The molecule has 1 aliphatic heterocycles. The third-order valence-electron chi connectivity index (χ3n) is 4.27. The van der Waals surface area contributed by atoms with Gasteiger partial charge in [-0.15, -0.1) is 0 Å². The van der Waals surface area contributed by atoms with Crippen LogP contribution in [0.15, 0.2) is 48.5 Å². The van der Waals surface area contributed by atoms with Gasteiger partial charge >= 0.3 is 5.97 Å². The van der Waals surface area contributed by atoms with Crippen molar-refractivity contribution in [3.05, 3.63) is 54.1 Å². The number of nitrogens with zero attached hydrogens (tertiary/aromatic N) is 1. The second-order valence-electron chi connectivity index (χ2n) is 6.78. The third kappa shape index (κ3) is 5.80. The number of hydrogen-bond donors (Lipinski definition) is 2. The molecular weight excluding hydrogens is 410 g/mol. The molecule has 0 aliphatic carbocycles. The van der Waals surface area contributed by atoms with Crippen molar-refractivity contribution >= 4 is 44.9 Å². The van der Waals surface area contributed by atoms with E-state index in [1.165, 1.54) is 24.3 Å². The molecule has 0 unspecified atom stereocenters. The molecule has 2 N–H and O–H groups in total. The highest BCUT2D eigenvalue weighted by Crippen LogP contribution is 2.23. The molecule has 30 heavy (non-hydrogen) atoms. The van der Waals surface area contributed by atoms with Crippen molar-refractivity contribution in [2.24, 2.45) is 0 Å². The SMILES string of the molecule is CS(=O)(=O)Nc1cccc(C(=O)OCC(=O)Nc2ccc(N3CCCC3=O)cc2)c1. The molecule has 1 aliphatic rings. The van der Waals surface area contributed by atoms with Gasteiger partial charge in [-0.3, -0.25) is 14.3 Å². The minimum atomic E-state index is -3.48. The second-order valence-corrected chi connectivity index (χ2v) is 8.52. The van der Waals surface area contributed by atoms with Crippen molar-refractivity contribution in [2.45, 2.75) is 12.8 Å². The smallest absolute Gasteiger partial charge is 0.338 e. The average molecular weight is 431 g/mol. The van der Waals surface area contributed by atoms with Crippen LogP contribution in [0.2, 0.25) is 0 Å². The van der Waals surface area contributed by atoms with E-state index in [4.69, 9.17) is 4.74 Å². The Morgan fingerprint density at radius 3 is 2.47 bits per heavy atom. The first kappa shape index (κ1) is 21.3. The van der Waals surface area contributed by atoms with Gasteiger partial charge in [-0.2, -0.15) is 0 Å². The molecule has 0 aromatic heterocycles. The topological polar surface area (TPSA) is 122 Å². The molecule has 0 spiro atoms. The second kappa shape index (κ2) is 8.95. The van der Waals surface area contributed by atoms with E-state index in [1.807, 2.05) is 0 Å². The maximum Gasteiger partial charge on any atom is 0.338 e. The van der Waals surface area contributed by atoms with Crippen LogP contribution in [0.3, 0.4) is 0 Å². The molecular formula is C20H21N3O6S. The largest absolute Gasteiger partial charge is 0.452 e. The summed E-state index contributed by atoms with van der Waals surface area (Å²) in [4.78, 5) is 37.6. The molecule has 0 saturated carbocycles. The van der Waals surface area contributed by atoms with Crippen molar-refractivity contribution in [3.63, 3.8) is 0 Å². The molecule has 1 fully saturated rings. The Balaban J connectivity index is 1.52. The standard InChI is InChI=1S/C20H21N3O6S/c1-30(27,28)22-16-5-2-4-14(12-16)20(26)29-13-18(24)21-15-7-9-17(10-8-15)23-11-3-6-19(23)25/h2,4-5,7-10,12,22H,3,6,11,13H2,1H3,(H,21,24). The van der Waals surface area contributed by atoms with Gasteiger partial charge < -0.3 is 15.0 Å². The normalized spacial score (nSPS) is 13.8. The highest BCUT2D eigenvalue weighted by molar-refractivity contribution is 7.92. The van der Waals surface area contributed by atoms with E-state index >= 15 is 0 Å². The monoisotopic (exact) mass is 431 g/mol. The minimum Gasteiger partial charge on any atom is -0.452 e. The number of hydrogen-bond acceptors (Lipinski definition) is 6. The zero-order valence-corrected chi connectivity index (χ0v) is 17.1. The fraction of sp³-hybridized carbons (Fsp3) is 0.250. The van der Waals surface area contributed by atoms with Crippen molar-refractivity contribution in [1.82, 2.24) is 0 Å². The summed E-state index contributed by atoms with van der Waals surface area (Å²) in [6.07, 6.45) is 2.37. The predicted molar refractivity (Wildman–Crippen MR) is 112 cm³/mol. The number of sulfonamides is 1. The molecule has 158 valence electrons. The molecule has 0 radical (unpaired) electrons. The van der Waals surface area contributed by atoms with Gasteiger partial charge in [0.25, 0.3) is 5.91 Å². The van der Waals surface area contributed by atoms with Crippen LogP contribution in [0, 0.1) is 0 Å². The fourth-order valence-electron chi connectivity index (χ4n) is 2.98. The summed E-state index contributed by atoms with van der Waals surface area (Å²) in [6.45, 7) is 0.177. The number of carbonyl (C=O) groups excluding carboxylic acids is 3. The van der Waals surface area contributed by atoms with Crippen molar-refractivity contribution < 1.29 is 27.5 Å². The van der Waals surface area contributed by atoms with E-state index in [2.05, 4.69) is 10.0 Å². The third-order valence-corrected chi connectivity index (χ3v) is 4.88. The van der Waals surface area contributed by atoms with E-state index in [0.717, 1.165) is 18.4 Å². The number of amides is 2. The van der Waals surface area contributed by atoms with Gasteiger partial charge in [0.05, 0.1) is 11.8 Å². The molecule has 2 aromatic rings. The number of esters is 1. The minimum absolute atomic E-state index is 0.0782. The Labute approximate surface area is 174 Å². The average Bonchev–Trinajstić information content (AvgIpc) is 3.11. The lowest BCUT2D eigenvalue weighted by Gasteiger charge is -2.16. The Kier molecular flexibility index (Phi) is 6.36. The first-order valence-electron chi connectivity index (χ1n) is 9.16. The van der Waals surface area contributed by atoms with E-state index in [0.29, 0.717) is 18.7 Å². The van der Waals surface area contributed by atoms with E-state index in [9.17, 15) is 22.8 Å². The molecule has 9 nitrogen and oxygen atoms in total. The van der Waals surface area contributed by atoms with Crippen LogP contribution in [0.4, 0.5) is 17.1 Å². The molecule has 1 saturated heterocycles. The van der Waals surface area contributed by atoms with E-state index in [1.54, 1.807) is 29.2 Å². The summed E-state index contributed by atoms with van der Waals surface area (Å²) in [7, 11) is -3.48. The van der Waals surface area contributed by atoms with Gasteiger partial charge in [-0.25, -0.2) is 13.2 Å². The van der Waals surface area contributed by atoms with Crippen LogP contribution >= 0.6 is 0 Å². The van der Waals surface area contributed by atoms with Gasteiger partial charge in [0.1, 0.15) is 0 Å². The molecule has 1 heterocycles. The summed E-state index contributed by atoms with van der Waals surface area (Å²) in [5.41, 5.74) is 1.60. The van der Waals surface area contributed by atoms with Crippen LogP contribution in [0.5, 0.6) is 0 Å². The zero-order valence-electron chi connectivity index (χ0n) is 16.3. The first-order chi connectivity index (χ1) is 14.2. The number of ether oxygens (including phenoxy) is 1. The van der Waals surface area contributed by atoms with Crippen LogP contribution in [0.1, 0.15) is 23.2 Å². The van der Waals surface area contributed by atoms with E-state index < -0.39 is 28.5 Å². The maximum atomic E-state index is 12.1. The summed E-state index contributed by atoms with van der Waals surface area (Å²) < 4.78 is 29.8. The predicted octanol–water partition coefficient (Wildman–Crippen LogP) is 1.98.